The summed E-state index contributed by atoms with van der Waals surface area (Å²) in [6.45, 7) is 2.37. The summed E-state index contributed by atoms with van der Waals surface area (Å²) in [7, 11) is 0. The first-order valence-corrected chi connectivity index (χ1v) is 7.61. The van der Waals surface area contributed by atoms with Crippen LogP contribution < -0.4 is 0 Å². The highest BCUT2D eigenvalue weighted by Gasteiger charge is 2.47. The van der Waals surface area contributed by atoms with Gasteiger partial charge in [0.15, 0.2) is 0 Å². The Hall–Kier alpha value is -1.18. The number of hydrogen-bond acceptors (Lipinski definition) is 3. The molecule has 1 aromatic carbocycles. The largest absolute Gasteiger partial charge is 0.416 e. The maximum Gasteiger partial charge on any atom is 0.416 e. The molecular weight excluding hydrogens is 314 g/mol. The topological polar surface area (TPSA) is 32.7 Å². The molecule has 2 aliphatic heterocycles. The Bertz CT molecular complexity index is 578. The molecule has 2 saturated heterocycles. The Morgan fingerprint density at radius 3 is 2.78 bits per heavy atom. The minimum Gasteiger partial charge on any atom is -0.396 e. The maximum atomic E-state index is 13.9. The number of benzene rings is 1. The fraction of sp³-hybridized carbons (Fsp3) is 0.625. The van der Waals surface area contributed by atoms with Gasteiger partial charge in [0, 0.05) is 43.1 Å². The van der Waals surface area contributed by atoms with Gasteiger partial charge in [-0.05, 0) is 24.6 Å². The Labute approximate surface area is 131 Å². The smallest absolute Gasteiger partial charge is 0.396 e. The summed E-state index contributed by atoms with van der Waals surface area (Å²) in [4.78, 5) is 1.91. The molecule has 0 unspecified atom stereocenters. The van der Waals surface area contributed by atoms with Crippen LogP contribution >= 0.6 is 0 Å². The molecule has 3 rings (SSSR count). The number of alkyl halides is 3. The molecule has 2 atom stereocenters. The first-order chi connectivity index (χ1) is 10.8. The molecule has 0 bridgehead atoms. The van der Waals surface area contributed by atoms with Gasteiger partial charge in [-0.25, -0.2) is 4.39 Å². The summed E-state index contributed by atoms with van der Waals surface area (Å²) in [5.41, 5.74) is -1.09. The van der Waals surface area contributed by atoms with E-state index in [0.717, 1.165) is 24.6 Å². The van der Waals surface area contributed by atoms with Crippen molar-refractivity contribution in [3.8, 4) is 0 Å². The summed E-state index contributed by atoms with van der Waals surface area (Å²) >= 11 is 0. The van der Waals surface area contributed by atoms with Crippen LogP contribution in [-0.4, -0.2) is 42.9 Å². The van der Waals surface area contributed by atoms with Crippen LogP contribution in [0.3, 0.4) is 0 Å². The first-order valence-electron chi connectivity index (χ1n) is 7.61. The van der Waals surface area contributed by atoms with E-state index < -0.39 is 17.6 Å². The second-order valence-electron chi connectivity index (χ2n) is 6.52. The number of aliphatic hydroxyl groups excluding tert-OH is 1. The zero-order valence-corrected chi connectivity index (χ0v) is 12.6. The number of ether oxygens (including phenoxy) is 1. The van der Waals surface area contributed by atoms with Crippen molar-refractivity contribution in [2.45, 2.75) is 19.1 Å². The van der Waals surface area contributed by atoms with E-state index in [1.165, 1.54) is 0 Å². The predicted molar refractivity (Wildman–Crippen MR) is 75.1 cm³/mol. The number of nitrogens with zero attached hydrogens (tertiary/aromatic N) is 1. The second kappa shape index (κ2) is 6.03. The van der Waals surface area contributed by atoms with Gasteiger partial charge in [-0.3, -0.25) is 4.90 Å². The maximum absolute atomic E-state index is 13.9. The molecular formula is C16H19F4NO2. The fourth-order valence-corrected chi connectivity index (χ4v) is 3.65. The first kappa shape index (κ1) is 16.7. The molecule has 0 amide bonds. The monoisotopic (exact) mass is 333 g/mol. The van der Waals surface area contributed by atoms with Gasteiger partial charge in [0.05, 0.1) is 18.8 Å². The van der Waals surface area contributed by atoms with E-state index in [9.17, 15) is 22.7 Å². The molecule has 7 heteroatoms. The lowest BCUT2D eigenvalue weighted by atomic mass is 9.75. The summed E-state index contributed by atoms with van der Waals surface area (Å²) < 4.78 is 57.7. The van der Waals surface area contributed by atoms with Gasteiger partial charge in [0.1, 0.15) is 5.82 Å². The van der Waals surface area contributed by atoms with E-state index in [1.54, 1.807) is 0 Å². The molecule has 128 valence electrons. The van der Waals surface area contributed by atoms with Crippen LogP contribution in [0.25, 0.3) is 0 Å². The zero-order chi connectivity index (χ0) is 16.7. The van der Waals surface area contributed by atoms with Crippen LogP contribution in [0.5, 0.6) is 0 Å². The summed E-state index contributed by atoms with van der Waals surface area (Å²) in [5.74, 6) is -0.503. The lowest BCUT2D eigenvalue weighted by Crippen LogP contribution is -2.41. The fourth-order valence-electron chi connectivity index (χ4n) is 3.65. The van der Waals surface area contributed by atoms with Gasteiger partial charge >= 0.3 is 6.18 Å². The van der Waals surface area contributed by atoms with Crippen molar-refractivity contribution < 1.29 is 27.4 Å². The third-order valence-electron chi connectivity index (χ3n) is 5.03. The third kappa shape index (κ3) is 3.22. The molecule has 2 fully saturated rings. The average molecular weight is 333 g/mol. The van der Waals surface area contributed by atoms with Gasteiger partial charge in [-0.2, -0.15) is 13.2 Å². The Morgan fingerprint density at radius 1 is 1.35 bits per heavy atom. The van der Waals surface area contributed by atoms with Crippen molar-refractivity contribution in [1.29, 1.82) is 0 Å². The highest BCUT2D eigenvalue weighted by Crippen LogP contribution is 2.42. The molecule has 0 radical (unpaired) electrons. The van der Waals surface area contributed by atoms with Crippen LogP contribution in [-0.2, 0) is 17.5 Å². The number of rotatable bonds is 3. The minimum atomic E-state index is -4.48. The van der Waals surface area contributed by atoms with Crippen molar-refractivity contribution in [2.24, 2.45) is 11.3 Å². The number of halogens is 4. The van der Waals surface area contributed by atoms with Gasteiger partial charge in [0.2, 0.25) is 0 Å². The average Bonchev–Trinajstić information content (AvgIpc) is 2.87. The predicted octanol–water partition coefficient (Wildman–Crippen LogP) is 2.68. The van der Waals surface area contributed by atoms with Crippen molar-refractivity contribution >= 4 is 0 Å². The third-order valence-corrected chi connectivity index (χ3v) is 5.03. The molecule has 0 spiro atoms. The van der Waals surface area contributed by atoms with Crippen molar-refractivity contribution in [3.05, 3.63) is 35.1 Å². The molecule has 0 aromatic heterocycles. The van der Waals surface area contributed by atoms with Gasteiger partial charge in [0.25, 0.3) is 0 Å². The normalized spacial score (nSPS) is 28.8. The number of aliphatic hydroxyl groups is 1. The summed E-state index contributed by atoms with van der Waals surface area (Å²) in [6, 6.07) is 2.50. The van der Waals surface area contributed by atoms with E-state index in [1.807, 2.05) is 4.90 Å². The molecule has 2 aliphatic rings. The number of fused-ring (bicyclic) bond motifs is 1. The standard InChI is InChI=1S/C16H19F4NO2/c17-14-2-1-12(16(18,19)20)5-11(14)6-21-7-13-8-23-4-3-15(13,9-21)10-22/h1-2,5,13,22H,3-4,6-10H2/t13-,15-/m1/s1. The van der Waals surface area contributed by atoms with E-state index in [-0.39, 0.29) is 30.0 Å². The van der Waals surface area contributed by atoms with Crippen LogP contribution in [0.1, 0.15) is 17.5 Å². The number of likely N-dealkylation sites (tertiary alicyclic amines) is 1. The van der Waals surface area contributed by atoms with Crippen molar-refractivity contribution in [3.63, 3.8) is 0 Å². The highest BCUT2D eigenvalue weighted by atomic mass is 19.4. The Kier molecular flexibility index (Phi) is 4.37. The van der Waals surface area contributed by atoms with Gasteiger partial charge < -0.3 is 9.84 Å². The van der Waals surface area contributed by atoms with E-state index in [4.69, 9.17) is 4.74 Å². The molecule has 0 aliphatic carbocycles. The van der Waals surface area contributed by atoms with Gasteiger partial charge in [-0.15, -0.1) is 0 Å². The summed E-state index contributed by atoms with van der Waals surface area (Å²) in [6.07, 6.45) is -3.77. The number of hydrogen-bond donors (Lipinski definition) is 1. The van der Waals surface area contributed by atoms with E-state index in [0.29, 0.717) is 26.3 Å². The second-order valence-corrected chi connectivity index (χ2v) is 6.52. The molecule has 23 heavy (non-hydrogen) atoms. The summed E-state index contributed by atoms with van der Waals surface area (Å²) in [5, 5.41) is 9.74. The van der Waals surface area contributed by atoms with E-state index >= 15 is 0 Å². The van der Waals surface area contributed by atoms with Crippen LogP contribution in [0.4, 0.5) is 17.6 Å². The highest BCUT2D eigenvalue weighted by molar-refractivity contribution is 5.27. The van der Waals surface area contributed by atoms with Gasteiger partial charge in [-0.1, -0.05) is 0 Å². The van der Waals surface area contributed by atoms with Crippen LogP contribution in [0.15, 0.2) is 18.2 Å². The molecule has 1 N–H and O–H groups in total. The van der Waals surface area contributed by atoms with Crippen LogP contribution in [0, 0.1) is 17.2 Å². The van der Waals surface area contributed by atoms with E-state index in [2.05, 4.69) is 0 Å². The lowest BCUT2D eigenvalue weighted by Gasteiger charge is -2.36. The zero-order valence-electron chi connectivity index (χ0n) is 12.6. The Morgan fingerprint density at radius 2 is 2.13 bits per heavy atom. The van der Waals surface area contributed by atoms with Crippen molar-refractivity contribution in [2.75, 3.05) is 32.9 Å². The molecule has 3 nitrogen and oxygen atoms in total. The molecule has 2 heterocycles. The quantitative estimate of drug-likeness (QED) is 0.864. The lowest BCUT2D eigenvalue weighted by molar-refractivity contribution is -0.137. The Balaban J connectivity index is 1.78. The molecule has 1 aromatic rings. The minimum absolute atomic E-state index is 0.0165. The SMILES string of the molecule is OC[C@]12CCOC[C@H]1CN(Cc1cc(C(F)(F)F)ccc1F)C2. The molecule has 0 saturated carbocycles. The van der Waals surface area contributed by atoms with Crippen LogP contribution in [0.2, 0.25) is 0 Å². The van der Waals surface area contributed by atoms with Crippen molar-refractivity contribution in [1.82, 2.24) is 4.90 Å².